The van der Waals surface area contributed by atoms with Crippen molar-refractivity contribution in [2.24, 2.45) is 11.8 Å². The lowest BCUT2D eigenvalue weighted by Crippen LogP contribution is -2.48. The number of hydrogen-bond donors (Lipinski definition) is 2. The summed E-state index contributed by atoms with van der Waals surface area (Å²) >= 11 is 0. The Morgan fingerprint density at radius 3 is 2.54 bits per heavy atom. The van der Waals surface area contributed by atoms with Crippen LogP contribution in [-0.4, -0.2) is 30.3 Å². The molecule has 1 fully saturated rings. The maximum absolute atomic E-state index is 11.9. The molecule has 0 saturated heterocycles. The van der Waals surface area contributed by atoms with Crippen LogP contribution in [-0.2, 0) is 4.74 Å². The fourth-order valence-electron chi connectivity index (χ4n) is 3.53. The summed E-state index contributed by atoms with van der Waals surface area (Å²) in [6, 6.07) is 0.932. The van der Waals surface area contributed by atoms with Crippen LogP contribution < -0.4 is 10.6 Å². The predicted octanol–water partition coefficient (Wildman–Crippen LogP) is 4.87. The van der Waals surface area contributed by atoms with Gasteiger partial charge in [0, 0.05) is 18.6 Å². The maximum Gasteiger partial charge on any atom is 0.407 e. The zero-order chi connectivity index (χ0) is 18.2. The van der Waals surface area contributed by atoms with Gasteiger partial charge in [0.2, 0.25) is 0 Å². The standard InChI is InChI=1S/C20H40N2O2/c1-7-8-11-18(14-21-19(23)24-20(4,5)6)22-17-12-9-10-16(13-17)15(2)3/h15-18,22H,7-14H2,1-6H3,(H,21,23). The first kappa shape index (κ1) is 21.3. The third-order valence-corrected chi connectivity index (χ3v) is 4.93. The van der Waals surface area contributed by atoms with Crippen molar-refractivity contribution in [3.63, 3.8) is 0 Å². The molecule has 1 aliphatic carbocycles. The molecular weight excluding hydrogens is 300 g/mol. The Hall–Kier alpha value is -0.770. The molecule has 0 aromatic rings. The van der Waals surface area contributed by atoms with Crippen molar-refractivity contribution < 1.29 is 9.53 Å². The van der Waals surface area contributed by atoms with Gasteiger partial charge in [0.15, 0.2) is 0 Å². The molecule has 0 aliphatic heterocycles. The van der Waals surface area contributed by atoms with Gasteiger partial charge in [-0.3, -0.25) is 0 Å². The van der Waals surface area contributed by atoms with Crippen molar-refractivity contribution in [3.05, 3.63) is 0 Å². The largest absolute Gasteiger partial charge is 0.444 e. The summed E-state index contributed by atoms with van der Waals surface area (Å²) in [6.07, 6.45) is 8.39. The van der Waals surface area contributed by atoms with Gasteiger partial charge in [-0.15, -0.1) is 0 Å². The van der Waals surface area contributed by atoms with Crippen molar-refractivity contribution in [3.8, 4) is 0 Å². The van der Waals surface area contributed by atoms with Crippen LogP contribution in [0.3, 0.4) is 0 Å². The molecule has 0 aromatic carbocycles. The Kier molecular flexibility index (Phi) is 9.11. The fourth-order valence-corrected chi connectivity index (χ4v) is 3.53. The Morgan fingerprint density at radius 1 is 1.25 bits per heavy atom. The first-order valence-corrected chi connectivity index (χ1v) is 9.94. The van der Waals surface area contributed by atoms with E-state index in [1.165, 1.54) is 38.5 Å². The summed E-state index contributed by atoms with van der Waals surface area (Å²) < 4.78 is 5.35. The Balaban J connectivity index is 2.47. The third-order valence-electron chi connectivity index (χ3n) is 4.93. The van der Waals surface area contributed by atoms with Crippen LogP contribution in [0.15, 0.2) is 0 Å². The van der Waals surface area contributed by atoms with Crippen LogP contribution in [0.5, 0.6) is 0 Å². The average molecular weight is 341 g/mol. The van der Waals surface area contributed by atoms with Crippen molar-refractivity contribution in [1.82, 2.24) is 10.6 Å². The minimum atomic E-state index is -0.440. The molecule has 0 heterocycles. The highest BCUT2D eigenvalue weighted by Crippen LogP contribution is 2.30. The highest BCUT2D eigenvalue weighted by Gasteiger charge is 2.26. The number of carbonyl (C=O) groups is 1. The van der Waals surface area contributed by atoms with Crippen molar-refractivity contribution in [2.45, 2.75) is 104 Å². The number of amides is 1. The number of carbonyl (C=O) groups excluding carboxylic acids is 1. The molecule has 0 radical (unpaired) electrons. The van der Waals surface area contributed by atoms with Gasteiger partial charge in [0.05, 0.1) is 0 Å². The quantitative estimate of drug-likeness (QED) is 0.662. The summed E-state index contributed by atoms with van der Waals surface area (Å²) in [5, 5.41) is 6.77. The average Bonchev–Trinajstić information content (AvgIpc) is 2.48. The molecule has 3 unspecified atom stereocenters. The van der Waals surface area contributed by atoms with Gasteiger partial charge in [-0.05, 0) is 51.9 Å². The second kappa shape index (κ2) is 10.3. The predicted molar refractivity (Wildman–Crippen MR) is 101 cm³/mol. The van der Waals surface area contributed by atoms with Gasteiger partial charge in [0.1, 0.15) is 5.60 Å². The van der Waals surface area contributed by atoms with E-state index in [0.717, 1.165) is 18.3 Å². The summed E-state index contributed by atoms with van der Waals surface area (Å²) in [7, 11) is 0. The number of alkyl carbamates (subject to hydrolysis) is 1. The number of unbranched alkanes of at least 4 members (excludes halogenated alkanes) is 1. The second-order valence-corrected chi connectivity index (χ2v) is 8.76. The lowest BCUT2D eigenvalue weighted by atomic mass is 9.79. The zero-order valence-electron chi connectivity index (χ0n) is 16.8. The number of ether oxygens (including phenoxy) is 1. The highest BCUT2D eigenvalue weighted by atomic mass is 16.6. The van der Waals surface area contributed by atoms with E-state index in [0.29, 0.717) is 18.6 Å². The van der Waals surface area contributed by atoms with Crippen LogP contribution >= 0.6 is 0 Å². The van der Waals surface area contributed by atoms with E-state index < -0.39 is 5.60 Å². The molecule has 2 N–H and O–H groups in total. The number of nitrogens with one attached hydrogen (secondary N) is 2. The minimum absolute atomic E-state index is 0.311. The molecule has 142 valence electrons. The molecule has 1 amide bonds. The maximum atomic E-state index is 11.9. The summed E-state index contributed by atoms with van der Waals surface area (Å²) in [5.41, 5.74) is -0.440. The zero-order valence-corrected chi connectivity index (χ0v) is 16.8. The van der Waals surface area contributed by atoms with E-state index in [9.17, 15) is 4.79 Å². The minimum Gasteiger partial charge on any atom is -0.444 e. The first-order chi connectivity index (χ1) is 11.2. The summed E-state index contributed by atoms with van der Waals surface area (Å²) in [5.74, 6) is 1.60. The van der Waals surface area contributed by atoms with Crippen molar-refractivity contribution in [1.29, 1.82) is 0 Å². The van der Waals surface area contributed by atoms with Gasteiger partial charge >= 0.3 is 6.09 Å². The molecule has 1 saturated carbocycles. The molecule has 0 spiro atoms. The summed E-state index contributed by atoms with van der Waals surface area (Å²) in [6.45, 7) is 13.2. The van der Waals surface area contributed by atoms with Crippen molar-refractivity contribution >= 4 is 6.09 Å². The Bertz CT molecular complexity index is 363. The molecule has 1 aliphatic rings. The number of hydrogen-bond acceptors (Lipinski definition) is 3. The Labute approximate surface area is 149 Å². The van der Waals surface area contributed by atoms with Crippen LogP contribution in [0.2, 0.25) is 0 Å². The van der Waals surface area contributed by atoms with E-state index in [2.05, 4.69) is 31.4 Å². The van der Waals surface area contributed by atoms with E-state index in [4.69, 9.17) is 4.74 Å². The van der Waals surface area contributed by atoms with Crippen LogP contribution in [0.4, 0.5) is 4.79 Å². The lowest BCUT2D eigenvalue weighted by Gasteiger charge is -2.35. The Morgan fingerprint density at radius 2 is 1.96 bits per heavy atom. The molecule has 3 atom stereocenters. The fraction of sp³-hybridized carbons (Fsp3) is 0.950. The van der Waals surface area contributed by atoms with Gasteiger partial charge in [-0.2, -0.15) is 0 Å². The van der Waals surface area contributed by atoms with Gasteiger partial charge in [-0.1, -0.05) is 46.5 Å². The van der Waals surface area contributed by atoms with Crippen LogP contribution in [0.1, 0.15) is 86.5 Å². The monoisotopic (exact) mass is 340 g/mol. The van der Waals surface area contributed by atoms with Crippen LogP contribution in [0, 0.1) is 11.8 Å². The van der Waals surface area contributed by atoms with Gasteiger partial charge in [-0.25, -0.2) is 4.79 Å². The molecule has 0 aromatic heterocycles. The second-order valence-electron chi connectivity index (χ2n) is 8.76. The molecular formula is C20H40N2O2. The molecule has 4 heteroatoms. The van der Waals surface area contributed by atoms with E-state index in [1.54, 1.807) is 0 Å². The van der Waals surface area contributed by atoms with Gasteiger partial charge in [0.25, 0.3) is 0 Å². The highest BCUT2D eigenvalue weighted by molar-refractivity contribution is 5.67. The third kappa shape index (κ3) is 8.91. The van der Waals surface area contributed by atoms with Gasteiger partial charge < -0.3 is 15.4 Å². The topological polar surface area (TPSA) is 50.4 Å². The van der Waals surface area contributed by atoms with E-state index in [-0.39, 0.29) is 6.09 Å². The van der Waals surface area contributed by atoms with E-state index in [1.807, 2.05) is 20.8 Å². The first-order valence-electron chi connectivity index (χ1n) is 9.94. The number of rotatable bonds is 8. The summed E-state index contributed by atoms with van der Waals surface area (Å²) in [4.78, 5) is 11.9. The molecule has 24 heavy (non-hydrogen) atoms. The van der Waals surface area contributed by atoms with Crippen molar-refractivity contribution in [2.75, 3.05) is 6.54 Å². The normalized spacial score (nSPS) is 23.1. The SMILES string of the molecule is CCCCC(CNC(=O)OC(C)(C)C)NC1CCCC(C(C)C)C1. The van der Waals surface area contributed by atoms with E-state index >= 15 is 0 Å². The lowest BCUT2D eigenvalue weighted by molar-refractivity contribution is 0.0519. The molecule has 0 bridgehead atoms. The smallest absolute Gasteiger partial charge is 0.407 e. The van der Waals surface area contributed by atoms with Crippen LogP contribution in [0.25, 0.3) is 0 Å². The molecule has 1 rings (SSSR count). The molecule has 4 nitrogen and oxygen atoms in total.